The summed E-state index contributed by atoms with van der Waals surface area (Å²) in [7, 11) is 0. The predicted molar refractivity (Wildman–Crippen MR) is 148 cm³/mol. The predicted octanol–water partition coefficient (Wildman–Crippen LogP) is 5.15. The lowest BCUT2D eigenvalue weighted by molar-refractivity contribution is 0.0167. The Labute approximate surface area is 228 Å². The first-order chi connectivity index (χ1) is 18.6. The Morgan fingerprint density at radius 3 is 2.56 bits per heavy atom. The van der Waals surface area contributed by atoms with Crippen molar-refractivity contribution in [1.82, 2.24) is 14.8 Å². The van der Waals surface area contributed by atoms with Crippen molar-refractivity contribution in [3.8, 4) is 0 Å². The number of anilines is 1. The summed E-state index contributed by atoms with van der Waals surface area (Å²) in [6.07, 6.45) is 7.62. The number of halogens is 2. The van der Waals surface area contributed by atoms with Gasteiger partial charge in [-0.25, -0.2) is 8.78 Å². The fourth-order valence-corrected chi connectivity index (χ4v) is 6.85. The van der Waals surface area contributed by atoms with E-state index in [2.05, 4.69) is 15.5 Å². The van der Waals surface area contributed by atoms with Crippen LogP contribution in [0.1, 0.15) is 91.5 Å². The standard InChI is InChI=1S/C30H40F2N4O3/c1-20-23(7-4-8-25(20)29(3,31)32)21(2)34-28(38)24-18-36(22-9-15-39-16-10-22)27(37)17-26(24)33-19-30-11-5-13-35(30)14-6-12-30/h4,7-8,17-18,21-22,33H,5-6,9-16,19H2,1-3H3,(H,34,38)/t21-/m1/s1. The number of alkyl halides is 2. The molecule has 7 nitrogen and oxygen atoms in total. The number of hydrogen-bond acceptors (Lipinski definition) is 5. The molecule has 4 heterocycles. The van der Waals surface area contributed by atoms with Gasteiger partial charge in [0.05, 0.1) is 17.3 Å². The zero-order valence-electron chi connectivity index (χ0n) is 23.2. The largest absolute Gasteiger partial charge is 0.382 e. The molecule has 2 aromatic rings. The Morgan fingerprint density at radius 2 is 1.90 bits per heavy atom. The summed E-state index contributed by atoms with van der Waals surface area (Å²) < 4.78 is 35.5. The van der Waals surface area contributed by atoms with Gasteiger partial charge in [-0.1, -0.05) is 18.2 Å². The van der Waals surface area contributed by atoms with Gasteiger partial charge in [0.1, 0.15) is 0 Å². The number of hydrogen-bond donors (Lipinski definition) is 2. The van der Waals surface area contributed by atoms with E-state index >= 15 is 0 Å². The van der Waals surface area contributed by atoms with Crippen LogP contribution >= 0.6 is 0 Å². The van der Waals surface area contributed by atoms with E-state index in [1.54, 1.807) is 42.8 Å². The lowest BCUT2D eigenvalue weighted by atomic mass is 9.93. The Hall–Kier alpha value is -2.78. The number of nitrogens with zero attached hydrogens (tertiary/aromatic N) is 2. The average molecular weight is 543 g/mol. The minimum absolute atomic E-state index is 0.0336. The molecule has 39 heavy (non-hydrogen) atoms. The molecule has 3 aliphatic heterocycles. The molecular weight excluding hydrogens is 502 g/mol. The molecular formula is C30H40F2N4O3. The van der Waals surface area contributed by atoms with Crippen molar-refractivity contribution in [3.63, 3.8) is 0 Å². The van der Waals surface area contributed by atoms with Gasteiger partial charge in [-0.3, -0.25) is 14.5 Å². The second kappa shape index (κ2) is 11.0. The maximum absolute atomic E-state index is 14.2. The zero-order chi connectivity index (χ0) is 27.8. The number of rotatable bonds is 8. The third-order valence-electron chi connectivity index (χ3n) is 8.99. The minimum atomic E-state index is -2.98. The van der Waals surface area contributed by atoms with Crippen LogP contribution in [0.25, 0.3) is 0 Å². The van der Waals surface area contributed by atoms with Crippen LogP contribution in [-0.4, -0.2) is 53.8 Å². The molecule has 3 aliphatic rings. The second-order valence-corrected chi connectivity index (χ2v) is 11.6. The zero-order valence-corrected chi connectivity index (χ0v) is 23.2. The molecule has 0 radical (unpaired) electrons. The van der Waals surface area contributed by atoms with E-state index in [4.69, 9.17) is 4.74 Å². The van der Waals surface area contributed by atoms with Crippen LogP contribution in [0, 0.1) is 6.92 Å². The topological polar surface area (TPSA) is 75.6 Å². The molecule has 212 valence electrons. The lowest BCUT2D eigenvalue weighted by Gasteiger charge is -2.33. The minimum Gasteiger partial charge on any atom is -0.382 e. The first kappa shape index (κ1) is 27.8. The number of ether oxygens (including phenoxy) is 1. The van der Waals surface area contributed by atoms with Crippen LogP contribution < -0.4 is 16.2 Å². The van der Waals surface area contributed by atoms with Crippen molar-refractivity contribution in [2.45, 2.75) is 82.8 Å². The Morgan fingerprint density at radius 1 is 1.21 bits per heavy atom. The molecule has 0 saturated carbocycles. The van der Waals surface area contributed by atoms with Crippen LogP contribution in [0.3, 0.4) is 0 Å². The summed E-state index contributed by atoms with van der Waals surface area (Å²) in [4.78, 5) is 29.5. The van der Waals surface area contributed by atoms with E-state index in [9.17, 15) is 18.4 Å². The van der Waals surface area contributed by atoms with Gasteiger partial charge < -0.3 is 19.9 Å². The molecule has 1 atom stereocenters. The van der Waals surface area contributed by atoms with Gasteiger partial charge in [-0.05, 0) is 76.6 Å². The van der Waals surface area contributed by atoms with E-state index in [0.29, 0.717) is 55.0 Å². The van der Waals surface area contributed by atoms with Gasteiger partial charge in [0, 0.05) is 56.1 Å². The van der Waals surface area contributed by atoms with Gasteiger partial charge in [0.25, 0.3) is 17.4 Å². The van der Waals surface area contributed by atoms with Crippen LogP contribution in [0.5, 0.6) is 0 Å². The highest BCUT2D eigenvalue weighted by Gasteiger charge is 2.44. The lowest BCUT2D eigenvalue weighted by Crippen LogP contribution is -2.44. The highest BCUT2D eigenvalue weighted by Crippen LogP contribution is 2.39. The number of aromatic nitrogens is 1. The third-order valence-corrected chi connectivity index (χ3v) is 8.99. The quantitative estimate of drug-likeness (QED) is 0.483. The van der Waals surface area contributed by atoms with Gasteiger partial charge >= 0.3 is 0 Å². The number of nitrogens with one attached hydrogen (secondary N) is 2. The van der Waals surface area contributed by atoms with Crippen molar-refractivity contribution in [2.24, 2.45) is 0 Å². The summed E-state index contributed by atoms with van der Waals surface area (Å²) >= 11 is 0. The van der Waals surface area contributed by atoms with Gasteiger partial charge in [0.2, 0.25) is 0 Å². The van der Waals surface area contributed by atoms with E-state index in [1.807, 2.05) is 0 Å². The number of pyridine rings is 1. The number of carbonyl (C=O) groups excluding carboxylic acids is 1. The van der Waals surface area contributed by atoms with Crippen molar-refractivity contribution < 1.29 is 18.3 Å². The first-order valence-electron chi connectivity index (χ1n) is 14.2. The molecule has 1 aromatic heterocycles. The highest BCUT2D eigenvalue weighted by atomic mass is 19.3. The van der Waals surface area contributed by atoms with E-state index in [-0.39, 0.29) is 28.6 Å². The van der Waals surface area contributed by atoms with Gasteiger partial charge in [-0.15, -0.1) is 0 Å². The molecule has 2 N–H and O–H groups in total. The van der Waals surface area contributed by atoms with Crippen molar-refractivity contribution in [3.05, 3.63) is 63.1 Å². The molecule has 0 spiro atoms. The molecule has 0 bridgehead atoms. The van der Waals surface area contributed by atoms with E-state index < -0.39 is 12.0 Å². The number of benzene rings is 1. The summed E-state index contributed by atoms with van der Waals surface area (Å²) in [6, 6.07) is 5.80. The smallest absolute Gasteiger partial charge is 0.270 e. The average Bonchev–Trinajstić information content (AvgIpc) is 3.48. The van der Waals surface area contributed by atoms with Crippen LogP contribution in [-0.2, 0) is 10.7 Å². The van der Waals surface area contributed by atoms with E-state index in [1.165, 1.54) is 6.07 Å². The molecule has 1 aromatic carbocycles. The monoisotopic (exact) mass is 542 g/mol. The highest BCUT2D eigenvalue weighted by molar-refractivity contribution is 5.99. The van der Waals surface area contributed by atoms with Crippen LogP contribution in [0.2, 0.25) is 0 Å². The molecule has 5 rings (SSSR count). The van der Waals surface area contributed by atoms with Gasteiger partial charge in [-0.2, -0.15) is 0 Å². The third kappa shape index (κ3) is 5.61. The molecule has 1 amide bonds. The van der Waals surface area contributed by atoms with Crippen LogP contribution in [0.15, 0.2) is 35.3 Å². The fourth-order valence-electron chi connectivity index (χ4n) is 6.85. The maximum Gasteiger partial charge on any atom is 0.270 e. The maximum atomic E-state index is 14.2. The molecule has 0 unspecified atom stereocenters. The Balaban J connectivity index is 1.44. The van der Waals surface area contributed by atoms with Gasteiger partial charge in [0.15, 0.2) is 0 Å². The Bertz CT molecular complexity index is 1260. The van der Waals surface area contributed by atoms with Crippen molar-refractivity contribution in [2.75, 3.05) is 38.2 Å². The molecule has 3 fully saturated rings. The second-order valence-electron chi connectivity index (χ2n) is 11.6. The first-order valence-corrected chi connectivity index (χ1v) is 14.2. The normalized spacial score (nSPS) is 20.5. The molecule has 3 saturated heterocycles. The number of fused-ring (bicyclic) bond motifs is 1. The number of carbonyl (C=O) groups is 1. The fraction of sp³-hybridized carbons (Fsp3) is 0.600. The molecule has 0 aliphatic carbocycles. The number of amides is 1. The van der Waals surface area contributed by atoms with E-state index in [0.717, 1.165) is 45.7 Å². The summed E-state index contributed by atoms with van der Waals surface area (Å²) in [5.74, 6) is -3.32. The summed E-state index contributed by atoms with van der Waals surface area (Å²) in [5, 5.41) is 6.50. The Kier molecular flexibility index (Phi) is 7.84. The summed E-state index contributed by atoms with van der Waals surface area (Å²) in [5.41, 5.74) is 1.89. The summed E-state index contributed by atoms with van der Waals surface area (Å²) in [6.45, 7) is 8.35. The van der Waals surface area contributed by atoms with Crippen molar-refractivity contribution >= 4 is 11.6 Å². The molecule has 9 heteroatoms. The SMILES string of the molecule is Cc1c([C@@H](C)NC(=O)c2cn(C3CCOCC3)c(=O)cc2NCC23CCCN2CCC3)cccc1C(C)(F)F. The van der Waals surface area contributed by atoms with Crippen LogP contribution in [0.4, 0.5) is 14.5 Å². The van der Waals surface area contributed by atoms with Crippen molar-refractivity contribution in [1.29, 1.82) is 0 Å².